The molecule has 2 heteroatoms. The van der Waals surface area contributed by atoms with Gasteiger partial charge in [-0.15, -0.1) is 0 Å². The van der Waals surface area contributed by atoms with E-state index in [1.165, 1.54) is 30.5 Å². The number of anilines is 1. The van der Waals surface area contributed by atoms with Crippen LogP contribution in [0.5, 0.6) is 0 Å². The Hall–Kier alpha value is -1.02. The summed E-state index contributed by atoms with van der Waals surface area (Å²) in [5, 5.41) is 3.65. The van der Waals surface area contributed by atoms with Crippen molar-refractivity contribution in [1.29, 1.82) is 0 Å². The fraction of sp³-hybridized carbons (Fsp3) is 0.647. The first-order valence-corrected chi connectivity index (χ1v) is 7.82. The molecule has 0 aliphatic carbocycles. The van der Waals surface area contributed by atoms with Gasteiger partial charge in [-0.05, 0) is 44.4 Å². The van der Waals surface area contributed by atoms with Crippen molar-refractivity contribution < 1.29 is 0 Å². The van der Waals surface area contributed by atoms with Crippen LogP contribution in [-0.4, -0.2) is 19.1 Å². The number of nitrogens with zero attached hydrogens (tertiary/aromatic N) is 1. The Morgan fingerprint density at radius 1 is 1.00 bits per heavy atom. The van der Waals surface area contributed by atoms with Gasteiger partial charge in [-0.3, -0.25) is 0 Å². The summed E-state index contributed by atoms with van der Waals surface area (Å²) in [5.74, 6) is 0. The zero-order valence-electron chi connectivity index (χ0n) is 13.1. The van der Waals surface area contributed by atoms with Crippen LogP contribution >= 0.6 is 0 Å². The number of rotatable bonds is 9. The first-order valence-electron chi connectivity index (χ1n) is 7.82. The summed E-state index contributed by atoms with van der Waals surface area (Å²) in [4.78, 5) is 2.38. The average Bonchev–Trinajstić information content (AvgIpc) is 2.46. The highest BCUT2D eigenvalue weighted by atomic mass is 15.1. The molecule has 1 aromatic carbocycles. The zero-order valence-corrected chi connectivity index (χ0v) is 13.1. The summed E-state index contributed by atoms with van der Waals surface area (Å²) < 4.78 is 0. The van der Waals surface area contributed by atoms with Crippen molar-refractivity contribution in [2.24, 2.45) is 0 Å². The summed E-state index contributed by atoms with van der Waals surface area (Å²) >= 11 is 0. The number of hydrogen-bond donors (Lipinski definition) is 1. The van der Waals surface area contributed by atoms with Gasteiger partial charge in [0.25, 0.3) is 0 Å². The van der Waals surface area contributed by atoms with Crippen LogP contribution in [0.25, 0.3) is 0 Å². The molecule has 0 bridgehead atoms. The Kier molecular flexibility index (Phi) is 7.57. The monoisotopic (exact) mass is 262 g/mol. The first kappa shape index (κ1) is 16.0. The molecule has 1 N–H and O–H groups in total. The van der Waals surface area contributed by atoms with E-state index in [0.717, 1.165) is 19.6 Å². The zero-order chi connectivity index (χ0) is 14.1. The van der Waals surface area contributed by atoms with Crippen molar-refractivity contribution in [2.45, 2.75) is 59.5 Å². The van der Waals surface area contributed by atoms with E-state index in [-0.39, 0.29) is 0 Å². The van der Waals surface area contributed by atoms with E-state index in [1.54, 1.807) is 0 Å². The molecule has 2 nitrogen and oxygen atoms in total. The Labute approximate surface area is 119 Å². The maximum Gasteiger partial charge on any atom is 0.0366 e. The summed E-state index contributed by atoms with van der Waals surface area (Å²) in [7, 11) is 0. The van der Waals surface area contributed by atoms with E-state index in [2.05, 4.69) is 62.2 Å². The first-order chi connectivity index (χ1) is 9.24. The maximum atomic E-state index is 3.65. The Balaban J connectivity index is 2.52. The van der Waals surface area contributed by atoms with Crippen LogP contribution in [-0.2, 0) is 6.54 Å². The molecule has 1 rings (SSSR count). The quantitative estimate of drug-likeness (QED) is 0.717. The maximum absolute atomic E-state index is 3.65. The van der Waals surface area contributed by atoms with Crippen molar-refractivity contribution in [2.75, 3.05) is 18.0 Å². The summed E-state index contributed by atoms with van der Waals surface area (Å²) in [6, 6.07) is 9.64. The lowest BCUT2D eigenvalue weighted by atomic mass is 10.1. The summed E-state index contributed by atoms with van der Waals surface area (Å²) in [5.41, 5.74) is 2.71. The molecule has 108 valence electrons. The van der Waals surface area contributed by atoms with Crippen molar-refractivity contribution in [3.8, 4) is 0 Å². The second-order valence-electron chi connectivity index (χ2n) is 5.11. The van der Waals surface area contributed by atoms with Gasteiger partial charge in [0.05, 0.1) is 0 Å². The van der Waals surface area contributed by atoms with Gasteiger partial charge in [0, 0.05) is 31.4 Å². The SMILES string of the molecule is CCCC(CC)NCc1ccc(N(CC)CC)cc1. The summed E-state index contributed by atoms with van der Waals surface area (Å²) in [6.07, 6.45) is 3.74. The fourth-order valence-corrected chi connectivity index (χ4v) is 2.47. The highest BCUT2D eigenvalue weighted by molar-refractivity contribution is 5.47. The molecule has 1 atom stereocenters. The molecular formula is C17H30N2. The van der Waals surface area contributed by atoms with Gasteiger partial charge in [0.15, 0.2) is 0 Å². The largest absolute Gasteiger partial charge is 0.372 e. The highest BCUT2D eigenvalue weighted by Crippen LogP contribution is 2.15. The molecule has 0 spiro atoms. The minimum Gasteiger partial charge on any atom is -0.372 e. The topological polar surface area (TPSA) is 15.3 Å². The molecule has 0 radical (unpaired) electrons. The van der Waals surface area contributed by atoms with Crippen LogP contribution < -0.4 is 10.2 Å². The van der Waals surface area contributed by atoms with Crippen LogP contribution in [0.15, 0.2) is 24.3 Å². The lowest BCUT2D eigenvalue weighted by molar-refractivity contribution is 0.462. The standard InChI is InChI=1S/C17H30N2/c1-5-9-16(6-2)18-14-15-10-12-17(13-11-15)19(7-3)8-4/h10-13,16,18H,5-9,14H2,1-4H3. The minimum atomic E-state index is 0.660. The third-order valence-corrected chi connectivity index (χ3v) is 3.79. The number of hydrogen-bond acceptors (Lipinski definition) is 2. The van der Waals surface area contributed by atoms with Gasteiger partial charge >= 0.3 is 0 Å². The Morgan fingerprint density at radius 2 is 1.63 bits per heavy atom. The van der Waals surface area contributed by atoms with E-state index in [1.807, 2.05) is 0 Å². The predicted molar refractivity (Wildman–Crippen MR) is 85.8 cm³/mol. The van der Waals surface area contributed by atoms with E-state index in [0.29, 0.717) is 6.04 Å². The third kappa shape index (κ3) is 5.23. The van der Waals surface area contributed by atoms with E-state index in [4.69, 9.17) is 0 Å². The van der Waals surface area contributed by atoms with Crippen LogP contribution in [0.3, 0.4) is 0 Å². The second-order valence-corrected chi connectivity index (χ2v) is 5.11. The second kappa shape index (κ2) is 8.98. The van der Waals surface area contributed by atoms with E-state index >= 15 is 0 Å². The fourth-order valence-electron chi connectivity index (χ4n) is 2.47. The van der Waals surface area contributed by atoms with Gasteiger partial charge in [-0.25, -0.2) is 0 Å². The van der Waals surface area contributed by atoms with Gasteiger partial charge in [0.2, 0.25) is 0 Å². The molecule has 0 amide bonds. The Bertz CT molecular complexity index is 328. The van der Waals surface area contributed by atoms with Crippen LogP contribution in [0.4, 0.5) is 5.69 Å². The smallest absolute Gasteiger partial charge is 0.0366 e. The van der Waals surface area contributed by atoms with Crippen molar-refractivity contribution in [3.05, 3.63) is 29.8 Å². The van der Waals surface area contributed by atoms with Crippen LogP contribution in [0.1, 0.15) is 52.5 Å². The molecule has 0 saturated heterocycles. The van der Waals surface area contributed by atoms with E-state index in [9.17, 15) is 0 Å². The Morgan fingerprint density at radius 3 is 2.11 bits per heavy atom. The number of benzene rings is 1. The van der Waals surface area contributed by atoms with Crippen molar-refractivity contribution in [1.82, 2.24) is 5.32 Å². The molecule has 0 aliphatic heterocycles. The third-order valence-electron chi connectivity index (χ3n) is 3.79. The molecule has 0 aliphatic rings. The molecule has 0 aromatic heterocycles. The normalized spacial score (nSPS) is 12.4. The molecule has 1 unspecified atom stereocenters. The van der Waals surface area contributed by atoms with Crippen molar-refractivity contribution in [3.63, 3.8) is 0 Å². The molecule has 19 heavy (non-hydrogen) atoms. The highest BCUT2D eigenvalue weighted by Gasteiger charge is 2.05. The van der Waals surface area contributed by atoms with Crippen LogP contribution in [0, 0.1) is 0 Å². The van der Waals surface area contributed by atoms with Gasteiger partial charge < -0.3 is 10.2 Å². The van der Waals surface area contributed by atoms with E-state index < -0.39 is 0 Å². The number of nitrogens with one attached hydrogen (secondary N) is 1. The van der Waals surface area contributed by atoms with Gasteiger partial charge in [-0.1, -0.05) is 32.4 Å². The summed E-state index contributed by atoms with van der Waals surface area (Å²) in [6.45, 7) is 12.0. The molecule has 0 heterocycles. The molecular weight excluding hydrogens is 232 g/mol. The van der Waals surface area contributed by atoms with Crippen LogP contribution in [0.2, 0.25) is 0 Å². The van der Waals surface area contributed by atoms with Gasteiger partial charge in [-0.2, -0.15) is 0 Å². The predicted octanol–water partition coefficient (Wildman–Crippen LogP) is 4.20. The average molecular weight is 262 g/mol. The van der Waals surface area contributed by atoms with Gasteiger partial charge in [0.1, 0.15) is 0 Å². The lowest BCUT2D eigenvalue weighted by Gasteiger charge is -2.21. The lowest BCUT2D eigenvalue weighted by Crippen LogP contribution is -2.27. The molecule has 1 aromatic rings. The van der Waals surface area contributed by atoms with Crippen molar-refractivity contribution >= 4 is 5.69 Å². The minimum absolute atomic E-state index is 0.660. The molecule has 0 fully saturated rings. The molecule has 0 saturated carbocycles.